The van der Waals surface area contributed by atoms with Crippen LogP contribution in [0.15, 0.2) is 47.4 Å². The van der Waals surface area contributed by atoms with E-state index in [2.05, 4.69) is 5.32 Å². The van der Waals surface area contributed by atoms with Crippen molar-refractivity contribution in [3.8, 4) is 0 Å². The van der Waals surface area contributed by atoms with Crippen molar-refractivity contribution in [3.63, 3.8) is 0 Å². The molecule has 0 aliphatic heterocycles. The van der Waals surface area contributed by atoms with E-state index in [4.69, 9.17) is 0 Å². The predicted molar refractivity (Wildman–Crippen MR) is 80.6 cm³/mol. The Morgan fingerprint density at radius 3 is 2.33 bits per heavy atom. The maximum atomic E-state index is 13.0. The lowest BCUT2D eigenvalue weighted by Crippen LogP contribution is -2.25. The van der Waals surface area contributed by atoms with Gasteiger partial charge in [-0.1, -0.05) is 17.7 Å². The maximum absolute atomic E-state index is 13.0. The first kappa shape index (κ1) is 15.5. The summed E-state index contributed by atoms with van der Waals surface area (Å²) in [5.74, 6) is -1.30. The van der Waals surface area contributed by atoms with E-state index in [1.54, 1.807) is 11.8 Å². The molecule has 0 unspecified atom stereocenters. The van der Waals surface area contributed by atoms with Crippen LogP contribution < -0.4 is 5.32 Å². The second kappa shape index (κ2) is 7.22. The summed E-state index contributed by atoms with van der Waals surface area (Å²) >= 11 is 1.61. The van der Waals surface area contributed by atoms with Gasteiger partial charge in [0.05, 0.1) is 0 Å². The summed E-state index contributed by atoms with van der Waals surface area (Å²) in [7, 11) is 0. The molecule has 0 fully saturated rings. The number of hydrogen-bond donors (Lipinski definition) is 1. The molecule has 2 aromatic rings. The molecule has 0 aromatic heterocycles. The highest BCUT2D eigenvalue weighted by molar-refractivity contribution is 7.99. The van der Waals surface area contributed by atoms with Gasteiger partial charge in [0.2, 0.25) is 0 Å². The van der Waals surface area contributed by atoms with Crippen LogP contribution in [-0.2, 0) is 0 Å². The number of hydrogen-bond acceptors (Lipinski definition) is 2. The molecule has 0 atom stereocenters. The van der Waals surface area contributed by atoms with E-state index in [1.165, 1.54) is 5.56 Å². The van der Waals surface area contributed by atoms with Crippen molar-refractivity contribution in [2.24, 2.45) is 0 Å². The highest BCUT2D eigenvalue weighted by Crippen LogP contribution is 2.17. The Kier molecular flexibility index (Phi) is 5.33. The molecular weight excluding hydrogens is 292 g/mol. The third kappa shape index (κ3) is 4.86. The van der Waals surface area contributed by atoms with Gasteiger partial charge in [-0.25, -0.2) is 8.78 Å². The minimum atomic E-state index is -0.755. The van der Waals surface area contributed by atoms with Gasteiger partial charge in [-0.15, -0.1) is 11.8 Å². The van der Waals surface area contributed by atoms with Crippen molar-refractivity contribution in [2.75, 3.05) is 12.3 Å². The molecule has 0 saturated carbocycles. The Morgan fingerprint density at radius 2 is 1.71 bits per heavy atom. The standard InChI is InChI=1S/C16H15F2NOS/c1-11-2-4-15(5-3-11)21-7-6-19-16(20)12-8-13(17)10-14(18)9-12/h2-5,8-10H,6-7H2,1H3,(H,19,20). The summed E-state index contributed by atoms with van der Waals surface area (Å²) in [4.78, 5) is 12.9. The van der Waals surface area contributed by atoms with E-state index in [9.17, 15) is 13.6 Å². The molecule has 21 heavy (non-hydrogen) atoms. The highest BCUT2D eigenvalue weighted by Gasteiger charge is 2.08. The van der Waals surface area contributed by atoms with Gasteiger partial charge in [-0.05, 0) is 31.2 Å². The highest BCUT2D eigenvalue weighted by atomic mass is 32.2. The topological polar surface area (TPSA) is 29.1 Å². The van der Waals surface area contributed by atoms with Crippen LogP contribution in [0.1, 0.15) is 15.9 Å². The van der Waals surface area contributed by atoms with Crippen LogP contribution in [0.25, 0.3) is 0 Å². The smallest absolute Gasteiger partial charge is 0.251 e. The number of thioether (sulfide) groups is 1. The van der Waals surface area contributed by atoms with Gasteiger partial charge in [0.25, 0.3) is 5.91 Å². The number of aryl methyl sites for hydroxylation is 1. The zero-order chi connectivity index (χ0) is 15.2. The summed E-state index contributed by atoms with van der Waals surface area (Å²) in [5, 5.41) is 2.64. The van der Waals surface area contributed by atoms with Crippen LogP contribution in [0.4, 0.5) is 8.78 Å². The van der Waals surface area contributed by atoms with E-state index in [-0.39, 0.29) is 5.56 Å². The first-order chi connectivity index (χ1) is 10.0. The van der Waals surface area contributed by atoms with Crippen molar-refractivity contribution >= 4 is 17.7 Å². The van der Waals surface area contributed by atoms with Gasteiger partial charge in [0.15, 0.2) is 0 Å². The number of halogens is 2. The summed E-state index contributed by atoms with van der Waals surface area (Å²) in [5.41, 5.74) is 1.19. The maximum Gasteiger partial charge on any atom is 0.251 e. The molecule has 0 aliphatic rings. The molecule has 110 valence electrons. The van der Waals surface area contributed by atoms with Gasteiger partial charge in [-0.3, -0.25) is 4.79 Å². The van der Waals surface area contributed by atoms with Crippen molar-refractivity contribution < 1.29 is 13.6 Å². The van der Waals surface area contributed by atoms with Gasteiger partial charge < -0.3 is 5.32 Å². The lowest BCUT2D eigenvalue weighted by Gasteiger charge is -2.06. The molecular formula is C16H15F2NOS. The molecule has 2 nitrogen and oxygen atoms in total. The van der Waals surface area contributed by atoms with Crippen molar-refractivity contribution in [1.82, 2.24) is 5.32 Å². The van der Waals surface area contributed by atoms with Gasteiger partial charge in [0, 0.05) is 28.8 Å². The number of carbonyl (C=O) groups excluding carboxylic acids is 1. The summed E-state index contributed by atoms with van der Waals surface area (Å²) in [6.45, 7) is 2.45. The predicted octanol–water partition coefficient (Wildman–Crippen LogP) is 3.80. The van der Waals surface area contributed by atoms with Crippen LogP contribution in [0.3, 0.4) is 0 Å². The van der Waals surface area contributed by atoms with Crippen LogP contribution in [0.5, 0.6) is 0 Å². The molecule has 0 bridgehead atoms. The van der Waals surface area contributed by atoms with Crippen LogP contribution >= 0.6 is 11.8 Å². The average molecular weight is 307 g/mol. The Bertz CT molecular complexity index is 608. The Balaban J connectivity index is 1.80. The molecule has 0 spiro atoms. The minimum Gasteiger partial charge on any atom is -0.351 e. The quantitative estimate of drug-likeness (QED) is 0.672. The van der Waals surface area contributed by atoms with Crippen molar-refractivity contribution in [3.05, 3.63) is 65.2 Å². The fourth-order valence-electron chi connectivity index (χ4n) is 1.75. The lowest BCUT2D eigenvalue weighted by atomic mass is 10.2. The summed E-state index contributed by atoms with van der Waals surface area (Å²) < 4.78 is 26.0. The Labute approximate surface area is 126 Å². The fourth-order valence-corrected chi connectivity index (χ4v) is 2.52. The lowest BCUT2D eigenvalue weighted by molar-refractivity contribution is 0.0955. The van der Waals surface area contributed by atoms with E-state index in [1.807, 2.05) is 31.2 Å². The molecule has 0 aliphatic carbocycles. The number of carbonyl (C=O) groups is 1. The van der Waals surface area contributed by atoms with E-state index < -0.39 is 17.5 Å². The second-order valence-electron chi connectivity index (χ2n) is 4.58. The zero-order valence-corrected chi connectivity index (χ0v) is 12.3. The molecule has 1 amide bonds. The molecule has 2 aromatic carbocycles. The van der Waals surface area contributed by atoms with Crippen LogP contribution in [-0.4, -0.2) is 18.2 Å². The third-order valence-electron chi connectivity index (χ3n) is 2.80. The SMILES string of the molecule is Cc1ccc(SCCNC(=O)c2cc(F)cc(F)c2)cc1. The largest absolute Gasteiger partial charge is 0.351 e. The van der Waals surface area contributed by atoms with E-state index >= 15 is 0 Å². The first-order valence-corrected chi connectivity index (χ1v) is 7.47. The fraction of sp³-hybridized carbons (Fsp3) is 0.188. The van der Waals surface area contributed by atoms with Gasteiger partial charge in [0.1, 0.15) is 11.6 Å². The number of amides is 1. The zero-order valence-electron chi connectivity index (χ0n) is 11.5. The minimum absolute atomic E-state index is 0.00663. The number of benzene rings is 2. The number of rotatable bonds is 5. The van der Waals surface area contributed by atoms with Gasteiger partial charge >= 0.3 is 0 Å². The van der Waals surface area contributed by atoms with Crippen LogP contribution in [0.2, 0.25) is 0 Å². The van der Waals surface area contributed by atoms with Crippen molar-refractivity contribution in [2.45, 2.75) is 11.8 Å². The Hall–Kier alpha value is -1.88. The van der Waals surface area contributed by atoms with Crippen LogP contribution in [0, 0.1) is 18.6 Å². The molecule has 1 N–H and O–H groups in total. The monoisotopic (exact) mass is 307 g/mol. The molecule has 2 rings (SSSR count). The molecule has 0 heterocycles. The van der Waals surface area contributed by atoms with E-state index in [0.717, 1.165) is 23.1 Å². The third-order valence-corrected chi connectivity index (χ3v) is 3.82. The summed E-state index contributed by atoms with van der Waals surface area (Å²) in [6, 6.07) is 10.9. The number of nitrogens with one attached hydrogen (secondary N) is 1. The summed E-state index contributed by atoms with van der Waals surface area (Å²) in [6.07, 6.45) is 0. The molecule has 5 heteroatoms. The molecule has 0 saturated heterocycles. The first-order valence-electron chi connectivity index (χ1n) is 6.48. The van der Waals surface area contributed by atoms with Crippen molar-refractivity contribution in [1.29, 1.82) is 0 Å². The average Bonchev–Trinajstić information content (AvgIpc) is 2.44. The normalized spacial score (nSPS) is 10.4. The second-order valence-corrected chi connectivity index (χ2v) is 5.74. The Morgan fingerprint density at radius 1 is 1.10 bits per heavy atom. The van der Waals surface area contributed by atoms with Gasteiger partial charge in [-0.2, -0.15) is 0 Å². The van der Waals surface area contributed by atoms with E-state index in [0.29, 0.717) is 12.3 Å². The molecule has 0 radical (unpaired) electrons.